The normalized spacial score (nSPS) is 15.5. The first-order chi connectivity index (χ1) is 10.8. The predicted octanol–water partition coefficient (Wildman–Crippen LogP) is 1.82. The van der Waals surface area contributed by atoms with Gasteiger partial charge in [0.15, 0.2) is 0 Å². The average Bonchev–Trinajstić information content (AvgIpc) is 2.79. The van der Waals surface area contributed by atoms with Gasteiger partial charge in [0, 0.05) is 21.1 Å². The van der Waals surface area contributed by atoms with Crippen LogP contribution in [0.4, 0.5) is 5.69 Å². The molecule has 0 spiro atoms. The van der Waals surface area contributed by atoms with E-state index in [2.05, 4.69) is 23.7 Å². The SMILES string of the molecule is C=C(NOS(=O)c1ccccc1N(C)C)N1N=C(C)N(C)C1=C. The molecular formula is C15H21N5O2S. The minimum atomic E-state index is -1.70. The first-order valence-electron chi connectivity index (χ1n) is 6.91. The molecular weight excluding hydrogens is 314 g/mol. The van der Waals surface area contributed by atoms with Crippen molar-refractivity contribution in [2.75, 3.05) is 26.0 Å². The summed E-state index contributed by atoms with van der Waals surface area (Å²) in [6, 6.07) is 7.31. The van der Waals surface area contributed by atoms with E-state index in [1.54, 1.807) is 6.07 Å². The minimum absolute atomic E-state index is 0.328. The number of benzene rings is 1. The summed E-state index contributed by atoms with van der Waals surface area (Å²) >= 11 is -1.70. The lowest BCUT2D eigenvalue weighted by atomic mass is 10.3. The van der Waals surface area contributed by atoms with Crippen molar-refractivity contribution in [2.24, 2.45) is 5.10 Å². The average molecular weight is 335 g/mol. The van der Waals surface area contributed by atoms with Crippen LogP contribution in [0.5, 0.6) is 0 Å². The molecule has 1 unspecified atom stereocenters. The molecule has 1 aliphatic rings. The second kappa shape index (κ2) is 6.84. The number of rotatable bonds is 6. The van der Waals surface area contributed by atoms with Crippen LogP contribution < -0.4 is 10.4 Å². The highest BCUT2D eigenvalue weighted by Crippen LogP contribution is 2.23. The summed E-state index contributed by atoms with van der Waals surface area (Å²) in [7, 11) is 5.61. The van der Waals surface area contributed by atoms with Crippen molar-refractivity contribution in [2.45, 2.75) is 11.8 Å². The van der Waals surface area contributed by atoms with Gasteiger partial charge < -0.3 is 9.80 Å². The van der Waals surface area contributed by atoms with Crippen molar-refractivity contribution in [1.29, 1.82) is 0 Å². The molecule has 1 aliphatic heterocycles. The molecule has 1 aromatic rings. The highest BCUT2D eigenvalue weighted by Gasteiger charge is 2.24. The van der Waals surface area contributed by atoms with E-state index in [0.29, 0.717) is 16.5 Å². The molecule has 0 aliphatic carbocycles. The number of hydrogen-bond acceptors (Lipinski definition) is 7. The second-order valence-corrected chi connectivity index (χ2v) is 6.24. The Hall–Kier alpha value is -2.32. The van der Waals surface area contributed by atoms with Gasteiger partial charge in [0.2, 0.25) is 11.1 Å². The van der Waals surface area contributed by atoms with Gasteiger partial charge in [-0.05, 0) is 19.1 Å². The largest absolute Gasteiger partial charge is 0.377 e. The Morgan fingerprint density at radius 1 is 1.39 bits per heavy atom. The zero-order chi connectivity index (χ0) is 17.1. The van der Waals surface area contributed by atoms with Gasteiger partial charge in [-0.1, -0.05) is 25.3 Å². The second-order valence-electron chi connectivity index (χ2n) is 5.16. The fraction of sp³-hybridized carbons (Fsp3) is 0.267. The van der Waals surface area contributed by atoms with Crippen LogP contribution >= 0.6 is 0 Å². The molecule has 1 atom stereocenters. The third-order valence-electron chi connectivity index (χ3n) is 3.38. The van der Waals surface area contributed by atoms with Gasteiger partial charge in [0.25, 0.3) is 0 Å². The lowest BCUT2D eigenvalue weighted by molar-refractivity contribution is 0.208. The number of hydrogen-bond donors (Lipinski definition) is 1. The van der Waals surface area contributed by atoms with Crippen LogP contribution in [0.25, 0.3) is 0 Å². The topological polar surface area (TPSA) is 60.4 Å². The molecule has 0 saturated heterocycles. The van der Waals surface area contributed by atoms with Crippen molar-refractivity contribution in [3.63, 3.8) is 0 Å². The summed E-state index contributed by atoms with van der Waals surface area (Å²) in [6.45, 7) is 9.59. The number of para-hydroxylation sites is 1. The summed E-state index contributed by atoms with van der Waals surface area (Å²) in [6.07, 6.45) is 0. The first kappa shape index (κ1) is 17.0. The standard InChI is InChI=1S/C15H21N5O2S/c1-11-16-20(13(3)19(11)6)12(2)17-22-23(21)15-10-8-7-9-14(15)18(4)5/h7-10,17H,2-3H2,1,4-6H3. The van der Waals surface area contributed by atoms with Crippen molar-refractivity contribution in [3.05, 3.63) is 49.1 Å². The van der Waals surface area contributed by atoms with E-state index in [4.69, 9.17) is 4.28 Å². The Morgan fingerprint density at radius 2 is 2.04 bits per heavy atom. The zero-order valence-corrected chi connectivity index (χ0v) is 14.6. The van der Waals surface area contributed by atoms with E-state index < -0.39 is 11.1 Å². The van der Waals surface area contributed by atoms with Gasteiger partial charge in [0.1, 0.15) is 17.5 Å². The molecule has 0 fully saturated rings. The van der Waals surface area contributed by atoms with Crippen LogP contribution in [0, 0.1) is 0 Å². The smallest absolute Gasteiger partial charge is 0.214 e. The van der Waals surface area contributed by atoms with E-state index in [9.17, 15) is 4.21 Å². The van der Waals surface area contributed by atoms with Crippen LogP contribution in [-0.2, 0) is 15.4 Å². The highest BCUT2D eigenvalue weighted by molar-refractivity contribution is 7.80. The van der Waals surface area contributed by atoms with Crippen molar-refractivity contribution >= 4 is 22.6 Å². The lowest BCUT2D eigenvalue weighted by Crippen LogP contribution is -2.28. The van der Waals surface area contributed by atoms with Gasteiger partial charge >= 0.3 is 0 Å². The molecule has 0 aromatic heterocycles. The molecule has 1 N–H and O–H groups in total. The summed E-state index contributed by atoms with van der Waals surface area (Å²) in [5, 5.41) is 5.76. The van der Waals surface area contributed by atoms with Crippen LogP contribution in [0.3, 0.4) is 0 Å². The maximum Gasteiger partial charge on any atom is 0.214 e. The Morgan fingerprint density at radius 3 is 2.61 bits per heavy atom. The van der Waals surface area contributed by atoms with E-state index >= 15 is 0 Å². The number of hydroxylamine groups is 1. The van der Waals surface area contributed by atoms with E-state index in [0.717, 1.165) is 11.5 Å². The molecule has 8 heteroatoms. The highest BCUT2D eigenvalue weighted by atomic mass is 32.2. The zero-order valence-electron chi connectivity index (χ0n) is 13.7. The maximum atomic E-state index is 12.4. The Labute approximate surface area is 139 Å². The van der Waals surface area contributed by atoms with Gasteiger partial charge in [-0.2, -0.15) is 14.4 Å². The molecule has 0 bridgehead atoms. The first-order valence-corrected chi connectivity index (χ1v) is 7.98. The number of nitrogens with zero attached hydrogens (tertiary/aromatic N) is 4. The fourth-order valence-electron chi connectivity index (χ4n) is 1.96. The van der Waals surface area contributed by atoms with Gasteiger partial charge in [-0.25, -0.2) is 9.69 Å². The third kappa shape index (κ3) is 3.54. The summed E-state index contributed by atoms with van der Waals surface area (Å²) in [4.78, 5) is 4.25. The maximum absolute atomic E-state index is 12.4. The minimum Gasteiger partial charge on any atom is -0.377 e. The summed E-state index contributed by atoms with van der Waals surface area (Å²) < 4.78 is 17.6. The van der Waals surface area contributed by atoms with Gasteiger partial charge in [0.05, 0.1) is 10.6 Å². The summed E-state index contributed by atoms with van der Waals surface area (Å²) in [5.41, 5.74) is 3.40. The van der Waals surface area contributed by atoms with E-state index in [-0.39, 0.29) is 0 Å². The fourth-order valence-corrected chi connectivity index (χ4v) is 2.83. The van der Waals surface area contributed by atoms with Crippen LogP contribution in [-0.4, -0.2) is 41.1 Å². The number of hydrazone groups is 1. The molecule has 0 saturated carbocycles. The van der Waals surface area contributed by atoms with Crippen molar-refractivity contribution in [1.82, 2.24) is 15.4 Å². The molecule has 7 nitrogen and oxygen atoms in total. The Kier molecular flexibility index (Phi) is 5.07. The molecule has 1 heterocycles. The molecule has 0 radical (unpaired) electrons. The summed E-state index contributed by atoms with van der Waals surface area (Å²) in [5.74, 6) is 1.73. The predicted molar refractivity (Wildman–Crippen MR) is 92.4 cm³/mol. The Balaban J connectivity index is 2.03. The van der Waals surface area contributed by atoms with Crippen molar-refractivity contribution < 1.29 is 8.49 Å². The molecule has 2 rings (SSSR count). The third-order valence-corrected chi connectivity index (χ3v) is 4.32. The molecule has 124 valence electrons. The van der Waals surface area contributed by atoms with Crippen LogP contribution in [0.15, 0.2) is 59.1 Å². The molecule has 23 heavy (non-hydrogen) atoms. The monoisotopic (exact) mass is 335 g/mol. The van der Waals surface area contributed by atoms with Gasteiger partial charge in [-0.3, -0.25) is 0 Å². The van der Waals surface area contributed by atoms with E-state index in [1.165, 1.54) is 5.01 Å². The number of anilines is 1. The molecule has 1 aromatic carbocycles. The number of amidine groups is 1. The van der Waals surface area contributed by atoms with Crippen LogP contribution in [0.2, 0.25) is 0 Å². The number of nitrogens with one attached hydrogen (secondary N) is 1. The quantitative estimate of drug-likeness (QED) is 0.800. The lowest BCUT2D eigenvalue weighted by Gasteiger charge is -2.21. The van der Waals surface area contributed by atoms with Crippen LogP contribution in [0.1, 0.15) is 6.92 Å². The van der Waals surface area contributed by atoms with Gasteiger partial charge in [-0.15, -0.1) is 0 Å². The van der Waals surface area contributed by atoms with Crippen molar-refractivity contribution in [3.8, 4) is 0 Å². The Bertz CT molecular complexity index is 686. The molecule has 0 amide bonds. The van der Waals surface area contributed by atoms with E-state index in [1.807, 2.05) is 56.1 Å².